The minimum absolute atomic E-state index is 0.253. The van der Waals surface area contributed by atoms with Crippen LogP contribution >= 0.6 is 0 Å². The highest BCUT2D eigenvalue weighted by Gasteiger charge is 2.42. The molecule has 0 saturated heterocycles. The SMILES string of the molecule is COC(=O)C(C)(C)C(O[Si](C)(C)C)c1cccn1C. The average Bonchev–Trinajstić information content (AvgIpc) is 2.69. The van der Waals surface area contributed by atoms with Crippen molar-refractivity contribution in [3.05, 3.63) is 24.0 Å². The summed E-state index contributed by atoms with van der Waals surface area (Å²) in [5.41, 5.74) is 0.277. The first-order chi connectivity index (χ1) is 8.59. The minimum atomic E-state index is -1.79. The molecule has 19 heavy (non-hydrogen) atoms. The number of ether oxygens (including phenoxy) is 1. The highest BCUT2D eigenvalue weighted by atomic mass is 28.4. The van der Waals surface area contributed by atoms with Crippen LogP contribution in [0.25, 0.3) is 0 Å². The molecule has 5 heteroatoms. The van der Waals surface area contributed by atoms with E-state index in [1.54, 1.807) is 0 Å². The van der Waals surface area contributed by atoms with Gasteiger partial charge in [0.2, 0.25) is 0 Å². The molecule has 1 heterocycles. The van der Waals surface area contributed by atoms with Crippen molar-refractivity contribution in [2.24, 2.45) is 12.5 Å². The fraction of sp³-hybridized carbons (Fsp3) is 0.643. The Kier molecular flexibility index (Phi) is 4.63. The van der Waals surface area contributed by atoms with Crippen LogP contribution in [-0.4, -0.2) is 26.0 Å². The molecule has 0 radical (unpaired) electrons. The first kappa shape index (κ1) is 16.0. The van der Waals surface area contributed by atoms with Gasteiger partial charge in [0.05, 0.1) is 12.5 Å². The van der Waals surface area contributed by atoms with Crippen LogP contribution in [0.15, 0.2) is 18.3 Å². The van der Waals surface area contributed by atoms with E-state index in [0.717, 1.165) is 5.69 Å². The van der Waals surface area contributed by atoms with Crippen LogP contribution in [-0.2, 0) is 21.0 Å². The number of methoxy groups -OCH3 is 1. The summed E-state index contributed by atoms with van der Waals surface area (Å²) in [4.78, 5) is 12.1. The maximum absolute atomic E-state index is 12.1. The number of nitrogens with zero attached hydrogens (tertiary/aromatic N) is 1. The molecular formula is C14H25NO3Si. The third-order valence-electron chi connectivity index (χ3n) is 3.09. The van der Waals surface area contributed by atoms with Crippen LogP contribution in [0.4, 0.5) is 0 Å². The zero-order valence-corrected chi connectivity index (χ0v) is 14.0. The van der Waals surface area contributed by atoms with Gasteiger partial charge in [-0.15, -0.1) is 0 Å². The van der Waals surface area contributed by atoms with E-state index in [2.05, 4.69) is 19.6 Å². The third kappa shape index (κ3) is 3.70. The van der Waals surface area contributed by atoms with Crippen LogP contribution in [0, 0.1) is 5.41 Å². The van der Waals surface area contributed by atoms with Gasteiger partial charge in [0.1, 0.15) is 6.10 Å². The smallest absolute Gasteiger partial charge is 0.314 e. The third-order valence-corrected chi connectivity index (χ3v) is 4.03. The van der Waals surface area contributed by atoms with E-state index in [1.807, 2.05) is 43.8 Å². The van der Waals surface area contributed by atoms with Crippen molar-refractivity contribution in [1.29, 1.82) is 0 Å². The van der Waals surface area contributed by atoms with E-state index < -0.39 is 13.7 Å². The van der Waals surface area contributed by atoms with Gasteiger partial charge < -0.3 is 13.7 Å². The number of esters is 1. The van der Waals surface area contributed by atoms with E-state index in [1.165, 1.54) is 7.11 Å². The molecule has 0 bridgehead atoms. The van der Waals surface area contributed by atoms with Crippen molar-refractivity contribution in [2.45, 2.75) is 39.6 Å². The molecular weight excluding hydrogens is 258 g/mol. The van der Waals surface area contributed by atoms with Crippen molar-refractivity contribution in [2.75, 3.05) is 7.11 Å². The molecule has 0 aliphatic heterocycles. The molecule has 0 fully saturated rings. The number of hydrogen-bond acceptors (Lipinski definition) is 3. The Labute approximate surface area is 116 Å². The molecule has 1 aromatic rings. The van der Waals surface area contributed by atoms with Crippen molar-refractivity contribution >= 4 is 14.3 Å². The molecule has 0 saturated carbocycles. The molecule has 0 aromatic carbocycles. The van der Waals surface area contributed by atoms with Crippen LogP contribution < -0.4 is 0 Å². The average molecular weight is 283 g/mol. The summed E-state index contributed by atoms with van der Waals surface area (Å²) in [5.74, 6) is -0.253. The van der Waals surface area contributed by atoms with Gasteiger partial charge >= 0.3 is 5.97 Å². The first-order valence-electron chi connectivity index (χ1n) is 6.47. The van der Waals surface area contributed by atoms with Gasteiger partial charge in [-0.1, -0.05) is 0 Å². The Morgan fingerprint density at radius 1 is 1.37 bits per heavy atom. The van der Waals surface area contributed by atoms with Gasteiger partial charge in [0.15, 0.2) is 8.32 Å². The minimum Gasteiger partial charge on any atom is -0.469 e. The number of aryl methyl sites for hydroxylation is 1. The van der Waals surface area contributed by atoms with Gasteiger partial charge in [0.25, 0.3) is 0 Å². The lowest BCUT2D eigenvalue weighted by Gasteiger charge is -2.36. The zero-order chi connectivity index (χ0) is 14.8. The predicted molar refractivity (Wildman–Crippen MR) is 78.4 cm³/mol. The van der Waals surface area contributed by atoms with Gasteiger partial charge in [-0.3, -0.25) is 4.79 Å². The molecule has 1 rings (SSSR count). The molecule has 0 N–H and O–H groups in total. The Bertz CT molecular complexity index is 446. The summed E-state index contributed by atoms with van der Waals surface area (Å²) >= 11 is 0. The number of aromatic nitrogens is 1. The Morgan fingerprint density at radius 2 is 1.95 bits per heavy atom. The molecule has 108 valence electrons. The maximum Gasteiger partial charge on any atom is 0.314 e. The number of carbonyl (C=O) groups excluding carboxylic acids is 1. The second kappa shape index (κ2) is 5.51. The topological polar surface area (TPSA) is 40.5 Å². The monoisotopic (exact) mass is 283 g/mol. The standard InChI is InChI=1S/C14H25NO3Si/c1-14(2,13(16)17-4)12(18-19(5,6)7)11-9-8-10-15(11)3/h8-10,12H,1-7H3. The summed E-state index contributed by atoms with van der Waals surface area (Å²) in [5, 5.41) is 0. The highest BCUT2D eigenvalue weighted by Crippen LogP contribution is 2.39. The Morgan fingerprint density at radius 3 is 2.32 bits per heavy atom. The second-order valence-electron chi connectivity index (χ2n) is 6.37. The van der Waals surface area contributed by atoms with Crippen molar-refractivity contribution in [3.63, 3.8) is 0 Å². The van der Waals surface area contributed by atoms with Gasteiger partial charge in [-0.25, -0.2) is 0 Å². The lowest BCUT2D eigenvalue weighted by molar-refractivity contribution is -0.157. The number of carbonyl (C=O) groups is 1. The fourth-order valence-corrected chi connectivity index (χ4v) is 3.17. The van der Waals surface area contributed by atoms with Crippen LogP contribution in [0.5, 0.6) is 0 Å². The normalized spacial score (nSPS) is 14.3. The zero-order valence-electron chi connectivity index (χ0n) is 13.0. The van der Waals surface area contributed by atoms with E-state index in [-0.39, 0.29) is 12.1 Å². The summed E-state index contributed by atoms with van der Waals surface area (Å²) in [6.45, 7) is 10.1. The molecule has 4 nitrogen and oxygen atoms in total. The van der Waals surface area contributed by atoms with Crippen LogP contribution in [0.2, 0.25) is 19.6 Å². The summed E-state index contributed by atoms with van der Waals surface area (Å²) in [6.07, 6.45) is 1.66. The van der Waals surface area contributed by atoms with E-state index >= 15 is 0 Å². The number of hydrogen-bond donors (Lipinski definition) is 0. The van der Waals surface area contributed by atoms with Crippen LogP contribution in [0.3, 0.4) is 0 Å². The van der Waals surface area contributed by atoms with Gasteiger partial charge in [-0.2, -0.15) is 0 Å². The molecule has 0 aliphatic rings. The van der Waals surface area contributed by atoms with Crippen LogP contribution in [0.1, 0.15) is 25.6 Å². The summed E-state index contributed by atoms with van der Waals surface area (Å²) in [6, 6.07) is 3.96. The van der Waals surface area contributed by atoms with Crippen molar-refractivity contribution in [1.82, 2.24) is 4.57 Å². The molecule has 0 amide bonds. The fourth-order valence-electron chi connectivity index (χ4n) is 2.05. The Balaban J connectivity index is 3.21. The second-order valence-corrected chi connectivity index (χ2v) is 10.8. The molecule has 0 aliphatic carbocycles. The largest absolute Gasteiger partial charge is 0.469 e. The lowest BCUT2D eigenvalue weighted by Crippen LogP contribution is -2.40. The molecule has 1 atom stereocenters. The molecule has 0 spiro atoms. The van der Waals surface area contributed by atoms with E-state index in [4.69, 9.17) is 9.16 Å². The van der Waals surface area contributed by atoms with E-state index in [9.17, 15) is 4.79 Å². The lowest BCUT2D eigenvalue weighted by atomic mass is 9.85. The Hall–Kier alpha value is -1.07. The molecule has 1 unspecified atom stereocenters. The maximum atomic E-state index is 12.1. The summed E-state index contributed by atoms with van der Waals surface area (Å²) < 4.78 is 13.2. The van der Waals surface area contributed by atoms with Crippen molar-refractivity contribution in [3.8, 4) is 0 Å². The first-order valence-corrected chi connectivity index (χ1v) is 9.88. The predicted octanol–water partition coefficient (Wildman–Crippen LogP) is 3.12. The van der Waals surface area contributed by atoms with Gasteiger partial charge in [-0.05, 0) is 45.6 Å². The van der Waals surface area contributed by atoms with E-state index in [0.29, 0.717) is 0 Å². The van der Waals surface area contributed by atoms with Gasteiger partial charge in [0, 0.05) is 18.9 Å². The number of rotatable bonds is 5. The highest BCUT2D eigenvalue weighted by molar-refractivity contribution is 6.69. The van der Waals surface area contributed by atoms with Crippen molar-refractivity contribution < 1.29 is 14.0 Å². The quantitative estimate of drug-likeness (QED) is 0.616. The summed E-state index contributed by atoms with van der Waals surface area (Å²) in [7, 11) is 1.59. The molecule has 1 aromatic heterocycles.